The van der Waals surface area contributed by atoms with E-state index in [0.29, 0.717) is 5.33 Å². The number of carbonyl (C=O) groups excluding carboxylic acids is 1. The SMILES string of the molecule is COc1cc(OC(F)(F)F)ccc1C(=O)CCBr. The molecule has 0 bridgehead atoms. The highest BCUT2D eigenvalue weighted by Gasteiger charge is 2.31. The Morgan fingerprint density at radius 1 is 1.39 bits per heavy atom. The van der Waals surface area contributed by atoms with Crippen LogP contribution in [0.2, 0.25) is 0 Å². The zero-order valence-corrected chi connectivity index (χ0v) is 11.0. The lowest BCUT2D eigenvalue weighted by molar-refractivity contribution is -0.274. The van der Waals surface area contributed by atoms with Crippen LogP contribution in [0, 0.1) is 0 Å². The number of rotatable bonds is 5. The van der Waals surface area contributed by atoms with Crippen molar-refractivity contribution in [2.45, 2.75) is 12.8 Å². The zero-order chi connectivity index (χ0) is 13.8. The standard InChI is InChI=1S/C11H10BrF3O3/c1-17-10-6-7(18-11(13,14)15)2-3-8(10)9(16)4-5-12/h2-3,6H,4-5H2,1H3. The Kier molecular flexibility index (Phi) is 5.01. The highest BCUT2D eigenvalue weighted by atomic mass is 79.9. The number of Topliss-reactive ketones (excluding diaryl/α,β-unsaturated/α-hetero) is 1. The van der Waals surface area contributed by atoms with Crippen LogP contribution in [0.15, 0.2) is 18.2 Å². The van der Waals surface area contributed by atoms with Gasteiger partial charge in [0.15, 0.2) is 5.78 Å². The first-order chi connectivity index (χ1) is 8.37. The summed E-state index contributed by atoms with van der Waals surface area (Å²) in [6.07, 6.45) is -4.54. The number of benzene rings is 1. The molecule has 0 aliphatic heterocycles. The van der Waals surface area contributed by atoms with Crippen LogP contribution < -0.4 is 9.47 Å². The van der Waals surface area contributed by atoms with E-state index in [1.807, 2.05) is 0 Å². The second-order valence-electron chi connectivity index (χ2n) is 3.27. The van der Waals surface area contributed by atoms with Gasteiger partial charge in [-0.1, -0.05) is 15.9 Å². The lowest BCUT2D eigenvalue weighted by atomic mass is 10.1. The molecular weight excluding hydrogens is 317 g/mol. The molecule has 0 spiro atoms. The van der Waals surface area contributed by atoms with Gasteiger partial charge in [0.05, 0.1) is 12.7 Å². The molecule has 7 heteroatoms. The van der Waals surface area contributed by atoms with Crippen molar-refractivity contribution in [1.29, 1.82) is 0 Å². The van der Waals surface area contributed by atoms with E-state index >= 15 is 0 Å². The van der Waals surface area contributed by atoms with Crippen LogP contribution in [0.5, 0.6) is 11.5 Å². The van der Waals surface area contributed by atoms with E-state index in [1.165, 1.54) is 13.2 Å². The number of halogens is 4. The molecule has 0 heterocycles. The molecule has 0 aromatic heterocycles. The van der Waals surface area contributed by atoms with Gasteiger partial charge in [0.25, 0.3) is 0 Å². The fourth-order valence-electron chi connectivity index (χ4n) is 1.32. The number of hydrogen-bond donors (Lipinski definition) is 0. The van der Waals surface area contributed by atoms with Crippen molar-refractivity contribution in [1.82, 2.24) is 0 Å². The third kappa shape index (κ3) is 4.21. The summed E-state index contributed by atoms with van der Waals surface area (Å²) < 4.78 is 44.7. The second kappa shape index (κ2) is 6.08. The Hall–Kier alpha value is -1.24. The average molecular weight is 327 g/mol. The first kappa shape index (κ1) is 14.8. The van der Waals surface area contributed by atoms with Crippen molar-refractivity contribution in [3.8, 4) is 11.5 Å². The van der Waals surface area contributed by atoms with Crippen LogP contribution in [0.3, 0.4) is 0 Å². The van der Waals surface area contributed by atoms with Gasteiger partial charge in [-0.25, -0.2) is 0 Å². The molecule has 0 atom stereocenters. The molecule has 0 saturated heterocycles. The smallest absolute Gasteiger partial charge is 0.496 e. The van der Waals surface area contributed by atoms with Gasteiger partial charge in [-0.15, -0.1) is 13.2 Å². The average Bonchev–Trinajstić information content (AvgIpc) is 2.27. The van der Waals surface area contributed by atoms with Crippen LogP contribution in [-0.4, -0.2) is 24.6 Å². The molecule has 0 N–H and O–H groups in total. The summed E-state index contributed by atoms with van der Waals surface area (Å²) in [4.78, 5) is 11.6. The Morgan fingerprint density at radius 2 is 2.06 bits per heavy atom. The number of ketones is 1. The fraction of sp³-hybridized carbons (Fsp3) is 0.364. The van der Waals surface area contributed by atoms with Gasteiger partial charge in [-0.2, -0.15) is 0 Å². The summed E-state index contributed by atoms with van der Waals surface area (Å²) in [5.41, 5.74) is 0.228. The van der Waals surface area contributed by atoms with Gasteiger partial charge < -0.3 is 9.47 Å². The van der Waals surface area contributed by atoms with Crippen LogP contribution in [0.4, 0.5) is 13.2 Å². The van der Waals surface area contributed by atoms with Gasteiger partial charge in [0.2, 0.25) is 0 Å². The van der Waals surface area contributed by atoms with Gasteiger partial charge in [0.1, 0.15) is 11.5 Å². The Bertz CT molecular complexity index is 432. The molecule has 1 aromatic rings. The van der Waals surface area contributed by atoms with Crippen molar-refractivity contribution in [3.05, 3.63) is 23.8 Å². The summed E-state index contributed by atoms with van der Waals surface area (Å²) in [6, 6.07) is 3.37. The van der Waals surface area contributed by atoms with E-state index in [1.54, 1.807) is 0 Å². The normalized spacial score (nSPS) is 11.2. The third-order valence-electron chi connectivity index (χ3n) is 2.03. The molecule has 0 amide bonds. The lowest BCUT2D eigenvalue weighted by Gasteiger charge is -2.12. The van der Waals surface area contributed by atoms with Crippen molar-refractivity contribution in [2.24, 2.45) is 0 Å². The van der Waals surface area contributed by atoms with E-state index in [0.717, 1.165) is 12.1 Å². The Labute approximate surface area is 110 Å². The molecule has 0 unspecified atom stereocenters. The molecular formula is C11H10BrF3O3. The van der Waals surface area contributed by atoms with Crippen LogP contribution >= 0.6 is 15.9 Å². The van der Waals surface area contributed by atoms with Crippen LogP contribution in [-0.2, 0) is 0 Å². The molecule has 0 radical (unpaired) electrons. The minimum Gasteiger partial charge on any atom is -0.496 e. The number of alkyl halides is 4. The van der Waals surface area contributed by atoms with E-state index in [9.17, 15) is 18.0 Å². The summed E-state index contributed by atoms with van der Waals surface area (Å²) >= 11 is 3.11. The predicted molar refractivity (Wildman–Crippen MR) is 62.4 cm³/mol. The molecule has 1 aromatic carbocycles. The van der Waals surface area contributed by atoms with Crippen molar-refractivity contribution in [2.75, 3.05) is 12.4 Å². The maximum Gasteiger partial charge on any atom is 0.573 e. The summed E-state index contributed by atoms with van der Waals surface area (Å²) in [5.74, 6) is -0.584. The quantitative estimate of drug-likeness (QED) is 0.613. The van der Waals surface area contributed by atoms with E-state index in [-0.39, 0.29) is 23.5 Å². The fourth-order valence-corrected chi connectivity index (χ4v) is 1.68. The molecule has 0 saturated carbocycles. The first-order valence-electron chi connectivity index (χ1n) is 4.90. The lowest BCUT2D eigenvalue weighted by Crippen LogP contribution is -2.17. The molecule has 0 aliphatic rings. The molecule has 0 fully saturated rings. The van der Waals surface area contributed by atoms with Gasteiger partial charge in [-0.05, 0) is 12.1 Å². The van der Waals surface area contributed by atoms with Crippen LogP contribution in [0.1, 0.15) is 16.8 Å². The molecule has 3 nitrogen and oxygen atoms in total. The van der Waals surface area contributed by atoms with E-state index < -0.39 is 12.1 Å². The summed E-state index contributed by atoms with van der Waals surface area (Å²) in [5, 5.41) is 0.468. The monoisotopic (exact) mass is 326 g/mol. The third-order valence-corrected chi connectivity index (χ3v) is 2.43. The maximum absolute atomic E-state index is 12.0. The number of hydrogen-bond acceptors (Lipinski definition) is 3. The molecule has 0 aliphatic carbocycles. The van der Waals surface area contributed by atoms with Crippen LogP contribution in [0.25, 0.3) is 0 Å². The van der Waals surface area contributed by atoms with E-state index in [4.69, 9.17) is 4.74 Å². The molecule has 1 rings (SSSR count). The highest BCUT2D eigenvalue weighted by Crippen LogP contribution is 2.29. The van der Waals surface area contributed by atoms with Gasteiger partial charge in [-0.3, -0.25) is 4.79 Å². The van der Waals surface area contributed by atoms with Crippen molar-refractivity contribution < 1.29 is 27.4 Å². The minimum atomic E-state index is -4.77. The number of ether oxygens (including phenoxy) is 2. The summed E-state index contributed by atoms with van der Waals surface area (Å²) in [7, 11) is 1.28. The largest absolute Gasteiger partial charge is 0.573 e. The maximum atomic E-state index is 12.0. The topological polar surface area (TPSA) is 35.5 Å². The van der Waals surface area contributed by atoms with Crippen molar-refractivity contribution >= 4 is 21.7 Å². The van der Waals surface area contributed by atoms with Gasteiger partial charge in [0, 0.05) is 17.8 Å². The summed E-state index contributed by atoms with van der Waals surface area (Å²) in [6.45, 7) is 0. The zero-order valence-electron chi connectivity index (χ0n) is 9.38. The number of methoxy groups -OCH3 is 1. The minimum absolute atomic E-state index is 0.0581. The second-order valence-corrected chi connectivity index (χ2v) is 4.07. The number of carbonyl (C=O) groups is 1. The van der Waals surface area contributed by atoms with E-state index in [2.05, 4.69) is 20.7 Å². The molecule has 18 heavy (non-hydrogen) atoms. The predicted octanol–water partition coefficient (Wildman–Crippen LogP) is 3.56. The van der Waals surface area contributed by atoms with Crippen molar-refractivity contribution in [3.63, 3.8) is 0 Å². The Morgan fingerprint density at radius 3 is 2.56 bits per heavy atom. The Balaban J connectivity index is 3.00. The van der Waals surface area contributed by atoms with Gasteiger partial charge >= 0.3 is 6.36 Å². The highest BCUT2D eigenvalue weighted by molar-refractivity contribution is 9.09. The molecule has 100 valence electrons. The first-order valence-corrected chi connectivity index (χ1v) is 6.02.